The summed E-state index contributed by atoms with van der Waals surface area (Å²) in [4.78, 5) is 90.9. The smallest absolute Gasteiger partial charge is 0.350 e. The number of ether oxygens (including phenoxy) is 1. The van der Waals surface area contributed by atoms with Crippen molar-refractivity contribution >= 4 is 47.4 Å². The zero-order valence-corrected chi connectivity index (χ0v) is 21.0. The summed E-state index contributed by atoms with van der Waals surface area (Å²) in [7, 11) is 0. The number of cyclic esters (lactones) is 2. The summed E-state index contributed by atoms with van der Waals surface area (Å²) in [6, 6.07) is 6.92. The minimum Gasteiger partial charge on any atom is -0.507 e. The molecule has 2 fully saturated rings. The molecule has 2 aromatic carbocycles. The van der Waals surface area contributed by atoms with Crippen LogP contribution >= 0.6 is 0 Å². The molecule has 0 aliphatic carbocycles. The second kappa shape index (κ2) is 11.4. The lowest BCUT2D eigenvalue weighted by atomic mass is 10.0. The predicted octanol–water partition coefficient (Wildman–Crippen LogP) is -0.753. The van der Waals surface area contributed by atoms with E-state index in [9.17, 15) is 43.5 Å². The van der Waals surface area contributed by atoms with Crippen LogP contribution in [0.1, 0.15) is 67.1 Å². The number of nitrogens with zero attached hydrogens (tertiary/aromatic N) is 1. The van der Waals surface area contributed by atoms with Crippen LogP contribution in [0.3, 0.4) is 0 Å². The number of nitrogens with one attached hydrogen (secondary N) is 2. The molecule has 2 unspecified atom stereocenters. The molecule has 6 rings (SSSR count). The summed E-state index contributed by atoms with van der Waals surface area (Å²) in [6.45, 7) is 0. The van der Waals surface area contributed by atoms with Crippen LogP contribution in [-0.2, 0) is 23.9 Å². The van der Waals surface area contributed by atoms with Gasteiger partial charge in [-0.2, -0.15) is 0 Å². The van der Waals surface area contributed by atoms with Gasteiger partial charge in [0, 0.05) is 12.8 Å². The second-order valence-electron chi connectivity index (χ2n) is 9.08. The number of hydrogen-bond acceptors (Lipinski definition) is 12. The number of fused-ring (bicyclic) bond motifs is 2. The Hall–Kier alpha value is -5.44. The van der Waals surface area contributed by atoms with Gasteiger partial charge in [0.1, 0.15) is 23.1 Å². The van der Waals surface area contributed by atoms with Gasteiger partial charge in [0.25, 0.3) is 11.8 Å². The quantitative estimate of drug-likeness (QED) is 0.163. The number of phenols is 2. The summed E-state index contributed by atoms with van der Waals surface area (Å²) in [5.74, 6) is -5.01. The van der Waals surface area contributed by atoms with Gasteiger partial charge in [-0.15, -0.1) is 0 Å². The molecule has 0 bridgehead atoms. The first-order chi connectivity index (χ1) is 19.4. The van der Waals surface area contributed by atoms with Crippen molar-refractivity contribution in [1.29, 1.82) is 0 Å². The fourth-order valence-corrected chi connectivity index (χ4v) is 4.32. The molecule has 4 aliphatic heterocycles. The Morgan fingerprint density at radius 3 is 1.80 bits per heavy atom. The van der Waals surface area contributed by atoms with Crippen LogP contribution in [0.5, 0.6) is 11.5 Å². The number of carbonyl (C=O) groups excluding carboxylic acids is 8. The number of esters is 2. The standard InChI is InChI=1S/C13H10N2O5.C8H4O4.C5H8N2O2/c16-8-3-1-2-6-10(8)13(20)15(12(6)19)7-4-5-9(17)14-11(7)18;9-5-3-1-2-4-6(5)8(11)12-7(4)10;6-3-1-2-4(8)7-5(3)9/h1-3,7,16H,4-5H2,(H,14,17,18);1-3,9H;3H,1-2,6H2,(H,7,8,9). The minimum atomic E-state index is -1.01. The van der Waals surface area contributed by atoms with E-state index in [0.29, 0.717) is 12.8 Å². The number of amides is 6. The molecule has 0 spiro atoms. The van der Waals surface area contributed by atoms with Crippen LogP contribution < -0.4 is 16.4 Å². The topological polar surface area (TPSA) is 240 Å². The molecule has 2 saturated heterocycles. The Morgan fingerprint density at radius 2 is 1.27 bits per heavy atom. The van der Waals surface area contributed by atoms with Crippen LogP contribution in [0.2, 0.25) is 0 Å². The maximum Gasteiger partial charge on any atom is 0.350 e. The molecule has 4 heterocycles. The summed E-state index contributed by atoms with van der Waals surface area (Å²) in [5, 5.41) is 23.1. The third kappa shape index (κ3) is 5.65. The van der Waals surface area contributed by atoms with Crippen LogP contribution in [-0.4, -0.2) is 74.6 Å². The fourth-order valence-electron chi connectivity index (χ4n) is 4.32. The molecule has 2 atom stereocenters. The van der Waals surface area contributed by atoms with E-state index in [1.165, 1.54) is 36.4 Å². The Balaban J connectivity index is 0.000000156. The van der Waals surface area contributed by atoms with Gasteiger partial charge in [0.05, 0.1) is 22.7 Å². The molecular formula is C26H22N4O11. The lowest BCUT2D eigenvalue weighted by molar-refractivity contribution is -0.137. The number of aromatic hydroxyl groups is 2. The van der Waals surface area contributed by atoms with Crippen LogP contribution in [0.4, 0.5) is 0 Å². The van der Waals surface area contributed by atoms with E-state index in [1.54, 1.807) is 0 Å². The molecule has 2 aromatic rings. The van der Waals surface area contributed by atoms with Gasteiger partial charge in [-0.1, -0.05) is 12.1 Å². The third-order valence-electron chi connectivity index (χ3n) is 6.38. The fraction of sp³-hybridized carbons (Fsp3) is 0.231. The lowest BCUT2D eigenvalue weighted by Gasteiger charge is -2.27. The van der Waals surface area contributed by atoms with Gasteiger partial charge >= 0.3 is 11.9 Å². The summed E-state index contributed by atoms with van der Waals surface area (Å²) in [5.41, 5.74) is 5.34. The van der Waals surface area contributed by atoms with E-state index in [0.717, 1.165) is 4.90 Å². The van der Waals surface area contributed by atoms with E-state index < -0.39 is 47.7 Å². The van der Waals surface area contributed by atoms with Gasteiger partial charge in [0.2, 0.25) is 23.6 Å². The summed E-state index contributed by atoms with van der Waals surface area (Å²) < 4.78 is 4.27. The Labute approximate surface area is 230 Å². The van der Waals surface area contributed by atoms with Gasteiger partial charge < -0.3 is 20.7 Å². The van der Waals surface area contributed by atoms with Crippen molar-refractivity contribution in [2.24, 2.45) is 5.73 Å². The monoisotopic (exact) mass is 566 g/mol. The molecule has 41 heavy (non-hydrogen) atoms. The van der Waals surface area contributed by atoms with E-state index >= 15 is 0 Å². The number of nitrogens with two attached hydrogens (primary N) is 1. The number of phenolic OH excluding ortho intramolecular Hbond substituents is 2. The molecule has 6 amide bonds. The van der Waals surface area contributed by atoms with Gasteiger partial charge in [0.15, 0.2) is 0 Å². The molecular weight excluding hydrogens is 544 g/mol. The first-order valence-electron chi connectivity index (χ1n) is 12.1. The normalized spacial score (nSPS) is 21.0. The average Bonchev–Trinajstić information content (AvgIpc) is 3.35. The number of benzene rings is 2. The van der Waals surface area contributed by atoms with Crippen molar-refractivity contribution in [2.45, 2.75) is 37.8 Å². The van der Waals surface area contributed by atoms with Crippen LogP contribution in [0.25, 0.3) is 0 Å². The molecule has 0 aromatic heterocycles. The first kappa shape index (κ1) is 28.6. The minimum absolute atomic E-state index is 0.0394. The SMILES string of the molecule is NC1CCC(=O)NC1=O.O=C1CCC(N2C(=O)c3cccc(O)c3C2=O)C(=O)N1.O=C1OC(=O)c2c(O)cccc21. The van der Waals surface area contributed by atoms with Crippen LogP contribution in [0, 0.1) is 0 Å². The van der Waals surface area contributed by atoms with Crippen LogP contribution in [0.15, 0.2) is 36.4 Å². The lowest BCUT2D eigenvalue weighted by Crippen LogP contribution is -2.54. The van der Waals surface area contributed by atoms with E-state index in [1.807, 2.05) is 0 Å². The highest BCUT2D eigenvalue weighted by atomic mass is 16.6. The van der Waals surface area contributed by atoms with Crippen molar-refractivity contribution in [3.05, 3.63) is 58.7 Å². The Bertz CT molecular complexity index is 1530. The Kier molecular flexibility index (Phi) is 7.91. The van der Waals surface area contributed by atoms with Gasteiger partial charge in [-0.25, -0.2) is 9.59 Å². The number of imide groups is 3. The van der Waals surface area contributed by atoms with Gasteiger partial charge in [-0.05, 0) is 37.1 Å². The molecule has 15 heteroatoms. The largest absolute Gasteiger partial charge is 0.507 e. The molecule has 0 radical (unpaired) electrons. The van der Waals surface area contributed by atoms with Crippen molar-refractivity contribution < 1.29 is 53.3 Å². The molecule has 6 N–H and O–H groups in total. The highest BCUT2D eigenvalue weighted by molar-refractivity contribution is 6.24. The predicted molar refractivity (Wildman–Crippen MR) is 133 cm³/mol. The van der Waals surface area contributed by atoms with Crippen molar-refractivity contribution in [1.82, 2.24) is 15.5 Å². The number of piperidine rings is 2. The number of hydrogen-bond donors (Lipinski definition) is 5. The van der Waals surface area contributed by atoms with E-state index in [4.69, 9.17) is 10.8 Å². The number of carbonyl (C=O) groups is 8. The van der Waals surface area contributed by atoms with Gasteiger partial charge in [-0.3, -0.25) is 44.3 Å². The van der Waals surface area contributed by atoms with Crippen molar-refractivity contribution in [3.8, 4) is 11.5 Å². The summed E-state index contributed by atoms with van der Waals surface area (Å²) >= 11 is 0. The molecule has 0 saturated carbocycles. The first-order valence-corrected chi connectivity index (χ1v) is 12.1. The molecule has 4 aliphatic rings. The van der Waals surface area contributed by atoms with E-state index in [-0.39, 0.29) is 58.4 Å². The van der Waals surface area contributed by atoms with Crippen molar-refractivity contribution in [3.63, 3.8) is 0 Å². The molecule has 15 nitrogen and oxygen atoms in total. The maximum absolute atomic E-state index is 12.2. The zero-order chi connectivity index (χ0) is 30.0. The molecule has 212 valence electrons. The highest BCUT2D eigenvalue weighted by Gasteiger charge is 2.45. The zero-order valence-electron chi connectivity index (χ0n) is 21.0. The highest BCUT2D eigenvalue weighted by Crippen LogP contribution is 2.32. The van der Waals surface area contributed by atoms with Crippen molar-refractivity contribution in [2.75, 3.05) is 0 Å². The maximum atomic E-state index is 12.2. The average molecular weight is 566 g/mol. The second-order valence-corrected chi connectivity index (χ2v) is 9.08. The summed E-state index contributed by atoms with van der Waals surface area (Å²) in [6.07, 6.45) is 1.00. The third-order valence-corrected chi connectivity index (χ3v) is 6.38. The Morgan fingerprint density at radius 1 is 0.707 bits per heavy atom. The van der Waals surface area contributed by atoms with E-state index in [2.05, 4.69) is 15.4 Å². The number of rotatable bonds is 1.